The number of anilines is 1. The van der Waals surface area contributed by atoms with Crippen LogP contribution in [0.25, 0.3) is 11.0 Å². The first-order chi connectivity index (χ1) is 22.6. The van der Waals surface area contributed by atoms with Gasteiger partial charge in [0.15, 0.2) is 11.2 Å². The van der Waals surface area contributed by atoms with E-state index in [1.54, 1.807) is 47.4 Å². The van der Waals surface area contributed by atoms with Gasteiger partial charge in [0, 0.05) is 68.5 Å². The molecule has 5 rings (SSSR count). The van der Waals surface area contributed by atoms with E-state index in [9.17, 15) is 19.2 Å². The number of rotatable bonds is 11. The summed E-state index contributed by atoms with van der Waals surface area (Å²) in [6, 6.07) is 19.4. The number of methoxy groups -OCH3 is 1. The molecule has 0 unspecified atom stereocenters. The maximum Gasteiger partial charge on any atom is 0.287 e. The van der Waals surface area contributed by atoms with Crippen LogP contribution >= 0.6 is 11.6 Å². The second-order valence-electron chi connectivity index (χ2n) is 11.6. The first-order valence-electron chi connectivity index (χ1n) is 15.4. The zero-order valence-corrected chi connectivity index (χ0v) is 27.4. The monoisotopic (exact) mass is 659 g/mol. The Morgan fingerprint density at radius 1 is 0.957 bits per heavy atom. The molecule has 11 nitrogen and oxygen atoms in total. The van der Waals surface area contributed by atoms with Crippen LogP contribution in [0.1, 0.15) is 26.5 Å². The molecule has 47 heavy (non-hydrogen) atoms. The summed E-state index contributed by atoms with van der Waals surface area (Å²) in [7, 11) is 5.39. The Hall–Kier alpha value is -4.87. The van der Waals surface area contributed by atoms with E-state index in [-0.39, 0.29) is 35.0 Å². The van der Waals surface area contributed by atoms with Crippen LogP contribution in [-0.4, -0.2) is 94.0 Å². The molecule has 1 aliphatic rings. The van der Waals surface area contributed by atoms with Crippen molar-refractivity contribution < 1.29 is 23.5 Å². The van der Waals surface area contributed by atoms with E-state index in [0.717, 1.165) is 23.9 Å². The largest absolute Gasteiger partial charge is 0.497 e. The van der Waals surface area contributed by atoms with Crippen molar-refractivity contribution in [1.82, 2.24) is 20.4 Å². The molecule has 0 bridgehead atoms. The number of fused-ring (bicyclic) bond motifs is 1. The summed E-state index contributed by atoms with van der Waals surface area (Å²) in [4.78, 5) is 59.0. The van der Waals surface area contributed by atoms with E-state index >= 15 is 0 Å². The second kappa shape index (κ2) is 15.1. The molecule has 0 aliphatic carbocycles. The van der Waals surface area contributed by atoms with Crippen LogP contribution in [0.5, 0.6) is 5.75 Å². The van der Waals surface area contributed by atoms with E-state index in [0.29, 0.717) is 54.4 Å². The molecule has 1 saturated heterocycles. The number of nitrogens with zero attached hydrogens (tertiary/aromatic N) is 3. The van der Waals surface area contributed by atoms with Gasteiger partial charge >= 0.3 is 0 Å². The Morgan fingerprint density at radius 2 is 1.68 bits per heavy atom. The first-order valence-corrected chi connectivity index (χ1v) is 15.7. The number of benzene rings is 3. The number of carbonyl (C=O) groups is 3. The standard InChI is InChI=1S/C35H38ClN5O6/c1-39(2)15-14-37-33(43)26-6-4-5-7-29(26)40-16-18-41(19-17-40)35(45)28(20-23-8-10-24(36)11-9-23)38-34(44)32-22-30(42)27-13-12-25(46-3)21-31(27)47-32/h4-13,21-22,28H,14-20H2,1-3H3,(H,37,43)(H,38,44)/t28-/m1/s1. The van der Waals surface area contributed by atoms with Crippen molar-refractivity contribution in [3.05, 3.63) is 105 Å². The number of carbonyl (C=O) groups excluding carboxylic acids is 3. The number of para-hydroxylation sites is 1. The smallest absolute Gasteiger partial charge is 0.287 e. The molecule has 3 aromatic carbocycles. The molecular formula is C35H38ClN5O6. The number of likely N-dealkylation sites (N-methyl/N-ethyl adjacent to an activating group) is 1. The number of halogens is 1. The highest BCUT2D eigenvalue weighted by molar-refractivity contribution is 6.30. The van der Waals surface area contributed by atoms with E-state index in [2.05, 4.69) is 15.5 Å². The highest BCUT2D eigenvalue weighted by atomic mass is 35.5. The number of amides is 3. The van der Waals surface area contributed by atoms with Crippen LogP contribution in [-0.2, 0) is 11.2 Å². The lowest BCUT2D eigenvalue weighted by molar-refractivity contribution is -0.133. The fourth-order valence-corrected chi connectivity index (χ4v) is 5.60. The second-order valence-corrected chi connectivity index (χ2v) is 12.0. The molecule has 3 amide bonds. The van der Waals surface area contributed by atoms with Crippen molar-refractivity contribution >= 4 is 46.0 Å². The average Bonchev–Trinajstić information content (AvgIpc) is 3.08. The summed E-state index contributed by atoms with van der Waals surface area (Å²) < 4.78 is 11.0. The van der Waals surface area contributed by atoms with Gasteiger partial charge in [0.05, 0.1) is 18.1 Å². The fourth-order valence-electron chi connectivity index (χ4n) is 5.48. The van der Waals surface area contributed by atoms with Gasteiger partial charge in [0.1, 0.15) is 17.4 Å². The summed E-state index contributed by atoms with van der Waals surface area (Å²) in [5.74, 6) is -0.847. The fraction of sp³-hybridized carbons (Fsp3) is 0.314. The van der Waals surface area contributed by atoms with E-state index in [4.69, 9.17) is 20.8 Å². The predicted molar refractivity (Wildman–Crippen MR) is 182 cm³/mol. The molecule has 12 heteroatoms. The van der Waals surface area contributed by atoms with Crippen LogP contribution in [0.2, 0.25) is 5.02 Å². The number of piperazine rings is 1. The third kappa shape index (κ3) is 8.30. The summed E-state index contributed by atoms with van der Waals surface area (Å²) in [6.45, 7) is 3.01. The van der Waals surface area contributed by atoms with Crippen LogP contribution in [0.4, 0.5) is 5.69 Å². The van der Waals surface area contributed by atoms with Gasteiger partial charge in [-0.2, -0.15) is 0 Å². The molecule has 2 heterocycles. The number of hydrogen-bond acceptors (Lipinski definition) is 8. The Morgan fingerprint density at radius 3 is 2.38 bits per heavy atom. The SMILES string of the molecule is COc1ccc2c(=O)cc(C(=O)N[C@H](Cc3ccc(Cl)cc3)C(=O)N3CCN(c4ccccc4C(=O)NCCN(C)C)CC3)oc2c1. The lowest BCUT2D eigenvalue weighted by Crippen LogP contribution is -2.55. The molecule has 1 atom stereocenters. The van der Waals surface area contributed by atoms with Gasteiger partial charge in [0.2, 0.25) is 5.91 Å². The topological polar surface area (TPSA) is 124 Å². The lowest BCUT2D eigenvalue weighted by atomic mass is 10.0. The molecule has 1 aromatic heterocycles. The zero-order valence-electron chi connectivity index (χ0n) is 26.6. The Bertz CT molecular complexity index is 1800. The highest BCUT2D eigenvalue weighted by Gasteiger charge is 2.31. The zero-order chi connectivity index (χ0) is 33.5. The minimum atomic E-state index is -0.948. The van der Waals surface area contributed by atoms with Crippen LogP contribution in [0, 0.1) is 0 Å². The van der Waals surface area contributed by atoms with E-state index in [1.165, 1.54) is 13.2 Å². The first kappa shape index (κ1) is 33.5. The molecule has 4 aromatic rings. The van der Waals surface area contributed by atoms with Crippen LogP contribution in [0.15, 0.2) is 82.0 Å². The van der Waals surface area contributed by atoms with Gasteiger partial charge in [-0.05, 0) is 56.1 Å². The Kier molecular flexibility index (Phi) is 10.8. The van der Waals surface area contributed by atoms with Crippen molar-refractivity contribution in [2.75, 3.05) is 65.4 Å². The summed E-state index contributed by atoms with van der Waals surface area (Å²) >= 11 is 6.09. The molecule has 2 N–H and O–H groups in total. The van der Waals surface area contributed by atoms with Crippen molar-refractivity contribution in [1.29, 1.82) is 0 Å². The van der Waals surface area contributed by atoms with Crippen molar-refractivity contribution in [3.63, 3.8) is 0 Å². The molecule has 1 fully saturated rings. The summed E-state index contributed by atoms with van der Waals surface area (Å²) in [5, 5.41) is 6.65. The molecule has 246 valence electrons. The number of ether oxygens (including phenoxy) is 1. The maximum atomic E-state index is 14.0. The van der Waals surface area contributed by atoms with Gasteiger partial charge in [-0.15, -0.1) is 0 Å². The van der Waals surface area contributed by atoms with Crippen molar-refractivity contribution in [3.8, 4) is 5.75 Å². The minimum absolute atomic E-state index is 0.148. The lowest BCUT2D eigenvalue weighted by Gasteiger charge is -2.38. The number of nitrogens with one attached hydrogen (secondary N) is 2. The van der Waals surface area contributed by atoms with Crippen molar-refractivity contribution in [2.45, 2.75) is 12.5 Å². The molecule has 1 aliphatic heterocycles. The average molecular weight is 660 g/mol. The van der Waals surface area contributed by atoms with Gasteiger partial charge in [-0.25, -0.2) is 0 Å². The summed E-state index contributed by atoms with van der Waals surface area (Å²) in [6.07, 6.45) is 0.198. The van der Waals surface area contributed by atoms with Gasteiger partial charge in [0.25, 0.3) is 11.8 Å². The Labute approximate surface area is 278 Å². The van der Waals surface area contributed by atoms with Crippen LogP contribution < -0.4 is 25.7 Å². The summed E-state index contributed by atoms with van der Waals surface area (Å²) in [5.41, 5.74) is 1.99. The molecular weight excluding hydrogens is 622 g/mol. The minimum Gasteiger partial charge on any atom is -0.497 e. The third-order valence-corrected chi connectivity index (χ3v) is 8.29. The molecule has 0 radical (unpaired) electrons. The quantitative estimate of drug-likeness (QED) is 0.251. The third-order valence-electron chi connectivity index (χ3n) is 8.04. The molecule has 0 saturated carbocycles. The highest BCUT2D eigenvalue weighted by Crippen LogP contribution is 2.23. The van der Waals surface area contributed by atoms with Gasteiger partial charge in [-0.3, -0.25) is 19.2 Å². The van der Waals surface area contributed by atoms with Gasteiger partial charge in [-0.1, -0.05) is 35.9 Å². The molecule has 0 spiro atoms. The Balaban J connectivity index is 1.32. The predicted octanol–water partition coefficient (Wildman–Crippen LogP) is 3.44. The number of hydrogen-bond donors (Lipinski definition) is 2. The van der Waals surface area contributed by atoms with E-state index in [1.807, 2.05) is 37.2 Å². The van der Waals surface area contributed by atoms with Gasteiger partial charge < -0.3 is 34.5 Å². The normalized spacial score (nSPS) is 13.8. The van der Waals surface area contributed by atoms with Crippen LogP contribution in [0.3, 0.4) is 0 Å². The van der Waals surface area contributed by atoms with Crippen molar-refractivity contribution in [2.24, 2.45) is 0 Å². The maximum absolute atomic E-state index is 14.0. The van der Waals surface area contributed by atoms with E-state index < -0.39 is 11.9 Å².